The third-order valence-corrected chi connectivity index (χ3v) is 6.82. The molecule has 1 aromatic heterocycles. The number of carbonyl (C=O) groups is 1. The van der Waals surface area contributed by atoms with E-state index in [1.165, 1.54) is 0 Å². The van der Waals surface area contributed by atoms with Crippen LogP contribution in [0.15, 0.2) is 41.2 Å². The van der Waals surface area contributed by atoms with Crippen LogP contribution < -0.4 is 15.8 Å². The maximum absolute atomic E-state index is 12.7. The van der Waals surface area contributed by atoms with Gasteiger partial charge in [-0.3, -0.25) is 14.5 Å². The quantitative estimate of drug-likeness (QED) is 0.560. The smallest absolute Gasteiger partial charge is 0.272 e. The van der Waals surface area contributed by atoms with Gasteiger partial charge in [-0.15, -0.1) is 0 Å². The van der Waals surface area contributed by atoms with E-state index in [9.17, 15) is 9.59 Å². The molecule has 1 amide bonds. The van der Waals surface area contributed by atoms with Gasteiger partial charge in [-0.1, -0.05) is 17.7 Å². The second-order valence-electron chi connectivity index (χ2n) is 8.99. The maximum Gasteiger partial charge on any atom is 0.272 e. The molecule has 1 fully saturated rings. The molecule has 0 atom stereocenters. The normalized spacial score (nSPS) is 14.5. The van der Waals surface area contributed by atoms with Gasteiger partial charge in [0.05, 0.1) is 11.0 Å². The van der Waals surface area contributed by atoms with Crippen LogP contribution in [0.3, 0.4) is 0 Å². The number of aryl methyl sites for hydroxylation is 4. The van der Waals surface area contributed by atoms with Crippen LogP contribution in [0.4, 0.5) is 5.69 Å². The Labute approximate surface area is 205 Å². The van der Waals surface area contributed by atoms with Crippen LogP contribution in [0, 0.1) is 20.8 Å². The number of rotatable bonds is 7. The minimum Gasteiger partial charge on any atom is -0.369 e. The van der Waals surface area contributed by atoms with Crippen molar-refractivity contribution in [2.75, 3.05) is 44.2 Å². The number of piperazine rings is 1. The lowest BCUT2D eigenvalue weighted by molar-refractivity contribution is -0.121. The summed E-state index contributed by atoms with van der Waals surface area (Å²) in [6.45, 7) is 11.3. The number of aromatic nitrogens is 2. The molecule has 8 heteroatoms. The van der Waals surface area contributed by atoms with Gasteiger partial charge in [-0.2, -0.15) is 0 Å². The van der Waals surface area contributed by atoms with Crippen LogP contribution in [-0.2, 0) is 11.3 Å². The fraction of sp³-hybridized carbons (Fsp3) is 0.423. The lowest BCUT2D eigenvalue weighted by Gasteiger charge is -2.36. The zero-order chi connectivity index (χ0) is 24.2. The molecule has 0 saturated carbocycles. The van der Waals surface area contributed by atoms with E-state index in [0.29, 0.717) is 18.8 Å². The number of halogens is 1. The standard InChI is InChI=1S/C26H32ClN5O2/c1-18-15-23-24(16-19(18)2)32(26(34)20(3)29-23)9-7-25(33)28-8-10-30-11-13-31(14-12-30)22-6-4-5-21(27)17-22/h4-6,15-17H,7-14H2,1-3H3,(H,28,33). The molecule has 1 aliphatic heterocycles. The Morgan fingerprint density at radius 3 is 2.50 bits per heavy atom. The third kappa shape index (κ3) is 5.59. The largest absolute Gasteiger partial charge is 0.369 e. The first-order valence-electron chi connectivity index (χ1n) is 11.8. The predicted molar refractivity (Wildman–Crippen MR) is 138 cm³/mol. The molecule has 180 valence electrons. The third-order valence-electron chi connectivity index (χ3n) is 6.58. The molecule has 1 aliphatic rings. The lowest BCUT2D eigenvalue weighted by Crippen LogP contribution is -2.48. The molecule has 0 unspecified atom stereocenters. The molecular weight excluding hydrogens is 450 g/mol. The second kappa shape index (κ2) is 10.6. The van der Waals surface area contributed by atoms with Crippen LogP contribution in [0.5, 0.6) is 0 Å². The summed E-state index contributed by atoms with van der Waals surface area (Å²) in [5.74, 6) is -0.0455. The average molecular weight is 482 g/mol. The first kappa shape index (κ1) is 24.2. The number of amides is 1. The predicted octanol–water partition coefficient (Wildman–Crippen LogP) is 3.30. The summed E-state index contributed by atoms with van der Waals surface area (Å²) in [5, 5.41) is 3.77. The molecule has 3 aromatic rings. The van der Waals surface area contributed by atoms with Gasteiger partial charge in [-0.05, 0) is 62.2 Å². The summed E-state index contributed by atoms with van der Waals surface area (Å²) < 4.78 is 1.68. The van der Waals surface area contributed by atoms with Gasteiger partial charge in [0, 0.05) is 62.9 Å². The van der Waals surface area contributed by atoms with E-state index in [1.807, 2.05) is 44.2 Å². The monoisotopic (exact) mass is 481 g/mol. The van der Waals surface area contributed by atoms with Gasteiger partial charge in [0.1, 0.15) is 5.69 Å². The minimum absolute atomic E-state index is 0.0455. The Morgan fingerprint density at radius 2 is 1.76 bits per heavy atom. The number of hydrogen-bond acceptors (Lipinski definition) is 5. The fourth-order valence-corrected chi connectivity index (χ4v) is 4.59. The van der Waals surface area contributed by atoms with Crippen molar-refractivity contribution in [2.24, 2.45) is 0 Å². The molecule has 4 rings (SSSR count). The van der Waals surface area contributed by atoms with Crippen molar-refractivity contribution >= 4 is 34.2 Å². The zero-order valence-electron chi connectivity index (χ0n) is 20.1. The fourth-order valence-electron chi connectivity index (χ4n) is 4.40. The topological polar surface area (TPSA) is 70.5 Å². The second-order valence-corrected chi connectivity index (χ2v) is 9.42. The molecule has 34 heavy (non-hydrogen) atoms. The summed E-state index contributed by atoms with van der Waals surface area (Å²) in [4.78, 5) is 34.3. The van der Waals surface area contributed by atoms with E-state index in [1.54, 1.807) is 11.5 Å². The van der Waals surface area contributed by atoms with Gasteiger partial charge in [-0.25, -0.2) is 4.98 Å². The van der Waals surface area contributed by atoms with Crippen molar-refractivity contribution < 1.29 is 4.79 Å². The van der Waals surface area contributed by atoms with Gasteiger partial charge in [0.15, 0.2) is 0 Å². The summed E-state index contributed by atoms with van der Waals surface area (Å²) in [5.41, 5.74) is 5.28. The Kier molecular flexibility index (Phi) is 7.54. The molecule has 2 aromatic carbocycles. The molecule has 0 spiro atoms. The summed E-state index contributed by atoms with van der Waals surface area (Å²) >= 11 is 6.11. The van der Waals surface area contributed by atoms with E-state index in [-0.39, 0.29) is 17.9 Å². The molecule has 0 radical (unpaired) electrons. The SMILES string of the molecule is Cc1cc2nc(C)c(=O)n(CCC(=O)NCCN3CCN(c4cccc(Cl)c4)CC3)c2cc1C. The van der Waals surface area contributed by atoms with E-state index in [4.69, 9.17) is 11.6 Å². The lowest BCUT2D eigenvalue weighted by atomic mass is 10.1. The number of hydrogen-bond donors (Lipinski definition) is 1. The highest BCUT2D eigenvalue weighted by Crippen LogP contribution is 2.21. The zero-order valence-corrected chi connectivity index (χ0v) is 20.9. The van der Waals surface area contributed by atoms with Crippen LogP contribution in [-0.4, -0.2) is 59.6 Å². The first-order valence-corrected chi connectivity index (χ1v) is 12.2. The average Bonchev–Trinajstić information content (AvgIpc) is 2.81. The number of benzene rings is 2. The molecular formula is C26H32ClN5O2. The van der Waals surface area contributed by atoms with Crippen molar-refractivity contribution in [3.05, 3.63) is 68.6 Å². The highest BCUT2D eigenvalue weighted by molar-refractivity contribution is 6.30. The molecule has 2 heterocycles. The van der Waals surface area contributed by atoms with Gasteiger partial charge in [0.25, 0.3) is 5.56 Å². The summed E-state index contributed by atoms with van der Waals surface area (Å²) in [6.07, 6.45) is 0.258. The molecule has 0 aliphatic carbocycles. The van der Waals surface area contributed by atoms with Crippen molar-refractivity contribution in [3.8, 4) is 0 Å². The van der Waals surface area contributed by atoms with E-state index < -0.39 is 0 Å². The molecule has 0 bridgehead atoms. The van der Waals surface area contributed by atoms with Crippen LogP contribution in [0.25, 0.3) is 11.0 Å². The van der Waals surface area contributed by atoms with Gasteiger partial charge < -0.3 is 14.8 Å². The Balaban J connectivity index is 1.26. The van der Waals surface area contributed by atoms with Crippen LogP contribution in [0.1, 0.15) is 23.2 Å². The van der Waals surface area contributed by atoms with Crippen molar-refractivity contribution in [1.82, 2.24) is 19.8 Å². The minimum atomic E-state index is -0.138. The number of carbonyl (C=O) groups excluding carboxylic acids is 1. The number of fused-ring (bicyclic) bond motifs is 1. The van der Waals surface area contributed by atoms with E-state index >= 15 is 0 Å². The van der Waals surface area contributed by atoms with Crippen molar-refractivity contribution in [2.45, 2.75) is 33.7 Å². The van der Waals surface area contributed by atoms with Gasteiger partial charge in [0.2, 0.25) is 5.91 Å². The Hall–Kier alpha value is -2.90. The highest BCUT2D eigenvalue weighted by Gasteiger charge is 2.17. The van der Waals surface area contributed by atoms with Crippen molar-refractivity contribution in [1.29, 1.82) is 0 Å². The summed E-state index contributed by atoms with van der Waals surface area (Å²) in [6, 6.07) is 11.9. The Bertz CT molecular complexity index is 1250. The summed E-state index contributed by atoms with van der Waals surface area (Å²) in [7, 11) is 0. The van der Waals surface area contributed by atoms with Crippen LogP contribution in [0.2, 0.25) is 5.02 Å². The maximum atomic E-state index is 12.7. The highest BCUT2D eigenvalue weighted by atomic mass is 35.5. The molecule has 7 nitrogen and oxygen atoms in total. The molecule has 1 N–H and O–H groups in total. The number of nitrogens with zero attached hydrogens (tertiary/aromatic N) is 4. The number of anilines is 1. The number of nitrogens with one attached hydrogen (secondary N) is 1. The molecule has 1 saturated heterocycles. The van der Waals surface area contributed by atoms with Crippen molar-refractivity contribution in [3.63, 3.8) is 0 Å². The van der Waals surface area contributed by atoms with E-state index in [2.05, 4.69) is 26.2 Å². The first-order chi connectivity index (χ1) is 16.3. The van der Waals surface area contributed by atoms with E-state index in [0.717, 1.165) is 65.6 Å². The van der Waals surface area contributed by atoms with Gasteiger partial charge >= 0.3 is 0 Å². The van der Waals surface area contributed by atoms with Crippen LogP contribution >= 0.6 is 11.6 Å². The Morgan fingerprint density at radius 1 is 1.03 bits per heavy atom.